The van der Waals surface area contributed by atoms with Crippen molar-refractivity contribution in [2.75, 3.05) is 38.2 Å². The summed E-state index contributed by atoms with van der Waals surface area (Å²) in [4.78, 5) is 26.1. The number of hydrogen-bond acceptors (Lipinski definition) is 6. The number of carbonyl (C=O) groups is 1. The minimum absolute atomic E-state index is 0.0458. The van der Waals surface area contributed by atoms with Crippen LogP contribution in [0.25, 0.3) is 5.78 Å². The summed E-state index contributed by atoms with van der Waals surface area (Å²) >= 11 is 0. The summed E-state index contributed by atoms with van der Waals surface area (Å²) in [6, 6.07) is 7.33. The van der Waals surface area contributed by atoms with Gasteiger partial charge in [-0.2, -0.15) is 14.6 Å². The van der Waals surface area contributed by atoms with Crippen molar-refractivity contribution in [1.29, 1.82) is 0 Å². The Balaban J connectivity index is 1.37. The van der Waals surface area contributed by atoms with Crippen LogP contribution in [-0.4, -0.2) is 63.7 Å². The summed E-state index contributed by atoms with van der Waals surface area (Å²) in [6.45, 7) is 2.87. The zero-order valence-corrected chi connectivity index (χ0v) is 15.8. The van der Waals surface area contributed by atoms with Gasteiger partial charge in [0.2, 0.25) is 0 Å². The molecule has 1 aliphatic carbocycles. The molecule has 2 aliphatic rings. The fourth-order valence-corrected chi connectivity index (χ4v) is 4.19. The van der Waals surface area contributed by atoms with Gasteiger partial charge in [0.15, 0.2) is 0 Å². The molecule has 0 radical (unpaired) electrons. The highest BCUT2D eigenvalue weighted by Crippen LogP contribution is 2.31. The monoisotopic (exact) mass is 378 g/mol. The summed E-state index contributed by atoms with van der Waals surface area (Å²) in [6.07, 6.45) is 4.71. The number of amides is 1. The minimum atomic E-state index is 0.0458. The van der Waals surface area contributed by atoms with Gasteiger partial charge in [0.05, 0.1) is 12.8 Å². The first-order valence-corrected chi connectivity index (χ1v) is 9.64. The number of nitrogens with zero attached hydrogens (tertiary/aromatic N) is 6. The molecule has 1 fully saturated rings. The van der Waals surface area contributed by atoms with Gasteiger partial charge in [-0.05, 0) is 37.5 Å². The first-order chi connectivity index (χ1) is 13.7. The largest absolute Gasteiger partial charge is 0.497 e. The van der Waals surface area contributed by atoms with Crippen molar-refractivity contribution in [2.24, 2.45) is 0 Å². The minimum Gasteiger partial charge on any atom is -0.497 e. The highest BCUT2D eigenvalue weighted by Gasteiger charge is 2.28. The van der Waals surface area contributed by atoms with Gasteiger partial charge in [0, 0.05) is 37.3 Å². The second kappa shape index (κ2) is 6.78. The van der Waals surface area contributed by atoms with E-state index in [1.165, 1.54) is 5.56 Å². The molecule has 144 valence electrons. The Morgan fingerprint density at radius 3 is 2.82 bits per heavy atom. The number of hydrogen-bond donors (Lipinski definition) is 0. The Labute approximate surface area is 162 Å². The van der Waals surface area contributed by atoms with Gasteiger partial charge < -0.3 is 14.5 Å². The molecule has 5 rings (SSSR count). The molecule has 2 aromatic heterocycles. The molecule has 3 heterocycles. The van der Waals surface area contributed by atoms with Gasteiger partial charge >= 0.3 is 0 Å². The first kappa shape index (κ1) is 17.0. The van der Waals surface area contributed by atoms with E-state index in [1.54, 1.807) is 19.5 Å². The highest BCUT2D eigenvalue weighted by atomic mass is 16.5. The van der Waals surface area contributed by atoms with Crippen LogP contribution in [0.15, 0.2) is 30.6 Å². The maximum absolute atomic E-state index is 12.9. The predicted molar refractivity (Wildman–Crippen MR) is 104 cm³/mol. The van der Waals surface area contributed by atoms with Gasteiger partial charge in [-0.1, -0.05) is 6.07 Å². The van der Waals surface area contributed by atoms with E-state index in [1.807, 2.05) is 27.6 Å². The third kappa shape index (κ3) is 2.76. The number of anilines is 1. The number of rotatable bonds is 3. The van der Waals surface area contributed by atoms with E-state index in [0.717, 1.165) is 43.9 Å². The normalized spacial score (nSPS) is 16.5. The van der Waals surface area contributed by atoms with Crippen molar-refractivity contribution >= 4 is 17.5 Å². The Morgan fingerprint density at radius 2 is 2.00 bits per heavy atom. The van der Waals surface area contributed by atoms with Crippen LogP contribution in [0.3, 0.4) is 0 Å². The summed E-state index contributed by atoms with van der Waals surface area (Å²) in [5.74, 6) is 2.50. The second-order valence-corrected chi connectivity index (χ2v) is 7.20. The maximum atomic E-state index is 12.9. The van der Waals surface area contributed by atoms with Crippen LogP contribution >= 0.6 is 0 Å². The molecule has 28 heavy (non-hydrogen) atoms. The Hall–Kier alpha value is -3.16. The van der Waals surface area contributed by atoms with Crippen LogP contribution in [0.5, 0.6) is 5.75 Å². The summed E-state index contributed by atoms with van der Waals surface area (Å²) in [5, 5.41) is 4.40. The molecule has 0 bridgehead atoms. The molecule has 0 N–H and O–H groups in total. The predicted octanol–water partition coefficient (Wildman–Crippen LogP) is 1.58. The average Bonchev–Trinajstić information content (AvgIpc) is 3.40. The fraction of sp³-hybridized carbons (Fsp3) is 0.400. The molecule has 1 amide bonds. The first-order valence-electron chi connectivity index (χ1n) is 9.64. The number of aromatic nitrogens is 4. The SMILES string of the molecule is COc1cccc(C(=O)N2CCN(c3c4c(nc5ncnn35)CCC4)CC2)c1. The third-order valence-corrected chi connectivity index (χ3v) is 5.61. The Kier molecular flexibility index (Phi) is 4.11. The standard InChI is InChI=1S/C20H22N6O2/c1-28-15-5-2-4-14(12-15)19(27)25-10-8-24(9-11-25)18-16-6-3-7-17(16)23-20-21-13-22-26(18)20/h2,4-5,12-13H,3,6-11H2,1H3. The van der Waals surface area contributed by atoms with Crippen LogP contribution in [0.4, 0.5) is 5.82 Å². The molecule has 0 atom stereocenters. The van der Waals surface area contributed by atoms with Crippen molar-refractivity contribution < 1.29 is 9.53 Å². The molecule has 0 saturated carbocycles. The Bertz CT molecular complexity index is 1040. The summed E-state index contributed by atoms with van der Waals surface area (Å²) in [7, 11) is 1.61. The molecule has 1 saturated heterocycles. The fourth-order valence-electron chi connectivity index (χ4n) is 4.19. The molecule has 0 unspecified atom stereocenters. The molecule has 8 nitrogen and oxygen atoms in total. The van der Waals surface area contributed by atoms with Crippen LogP contribution in [0.2, 0.25) is 0 Å². The maximum Gasteiger partial charge on any atom is 0.254 e. The smallest absolute Gasteiger partial charge is 0.254 e. The quantitative estimate of drug-likeness (QED) is 0.689. The van der Waals surface area contributed by atoms with Crippen LogP contribution in [0, 0.1) is 0 Å². The van der Waals surface area contributed by atoms with Gasteiger partial charge in [-0.15, -0.1) is 0 Å². The molecule has 1 aromatic carbocycles. The van der Waals surface area contributed by atoms with E-state index in [2.05, 4.69) is 20.0 Å². The summed E-state index contributed by atoms with van der Waals surface area (Å²) < 4.78 is 7.09. The second-order valence-electron chi connectivity index (χ2n) is 7.20. The number of benzene rings is 1. The van der Waals surface area contributed by atoms with E-state index >= 15 is 0 Å². The van der Waals surface area contributed by atoms with E-state index in [-0.39, 0.29) is 5.91 Å². The van der Waals surface area contributed by atoms with Gasteiger partial charge in [-0.25, -0.2) is 4.98 Å². The van der Waals surface area contributed by atoms with Crippen LogP contribution in [0.1, 0.15) is 28.0 Å². The lowest BCUT2D eigenvalue weighted by Gasteiger charge is -2.36. The van der Waals surface area contributed by atoms with Crippen molar-refractivity contribution in [2.45, 2.75) is 19.3 Å². The zero-order valence-electron chi connectivity index (χ0n) is 15.8. The topological polar surface area (TPSA) is 75.9 Å². The number of methoxy groups -OCH3 is 1. The molecular weight excluding hydrogens is 356 g/mol. The van der Waals surface area contributed by atoms with Crippen molar-refractivity contribution in [3.8, 4) is 5.75 Å². The molecule has 1 aliphatic heterocycles. The van der Waals surface area contributed by atoms with Crippen LogP contribution < -0.4 is 9.64 Å². The summed E-state index contributed by atoms with van der Waals surface area (Å²) in [5.41, 5.74) is 3.09. The number of aryl methyl sites for hydroxylation is 1. The molecule has 8 heteroatoms. The number of piperazine rings is 1. The highest BCUT2D eigenvalue weighted by molar-refractivity contribution is 5.94. The average molecular weight is 378 g/mol. The number of fused-ring (bicyclic) bond motifs is 2. The van der Waals surface area contributed by atoms with Crippen molar-refractivity contribution in [1.82, 2.24) is 24.5 Å². The van der Waals surface area contributed by atoms with E-state index in [9.17, 15) is 4.79 Å². The number of ether oxygens (including phenoxy) is 1. The lowest BCUT2D eigenvalue weighted by atomic mass is 10.1. The van der Waals surface area contributed by atoms with Gasteiger partial charge in [0.1, 0.15) is 17.9 Å². The van der Waals surface area contributed by atoms with Gasteiger partial charge in [-0.3, -0.25) is 4.79 Å². The van der Waals surface area contributed by atoms with Gasteiger partial charge in [0.25, 0.3) is 11.7 Å². The molecule has 3 aromatic rings. The third-order valence-electron chi connectivity index (χ3n) is 5.61. The number of carbonyl (C=O) groups excluding carboxylic acids is 1. The van der Waals surface area contributed by atoms with E-state index in [0.29, 0.717) is 30.2 Å². The van der Waals surface area contributed by atoms with Crippen LogP contribution in [-0.2, 0) is 12.8 Å². The lowest BCUT2D eigenvalue weighted by Crippen LogP contribution is -2.49. The lowest BCUT2D eigenvalue weighted by molar-refractivity contribution is 0.0746. The molecular formula is C20H22N6O2. The van der Waals surface area contributed by atoms with Crippen molar-refractivity contribution in [3.05, 3.63) is 47.4 Å². The molecule has 0 spiro atoms. The van der Waals surface area contributed by atoms with Crippen molar-refractivity contribution in [3.63, 3.8) is 0 Å². The zero-order chi connectivity index (χ0) is 19.1. The Morgan fingerprint density at radius 1 is 1.14 bits per heavy atom. The van der Waals surface area contributed by atoms with E-state index in [4.69, 9.17) is 4.74 Å². The van der Waals surface area contributed by atoms with E-state index < -0.39 is 0 Å².